The van der Waals surface area contributed by atoms with Gasteiger partial charge < -0.3 is 10.4 Å². The second kappa shape index (κ2) is 7.25. The van der Waals surface area contributed by atoms with Crippen LogP contribution in [-0.2, 0) is 22.6 Å². The highest BCUT2D eigenvalue weighted by atomic mass is 16.4. The maximum atomic E-state index is 12.2. The van der Waals surface area contributed by atoms with Gasteiger partial charge in [0.25, 0.3) is 0 Å². The third kappa shape index (κ3) is 4.06. The van der Waals surface area contributed by atoms with Crippen LogP contribution in [0.5, 0.6) is 0 Å². The molecule has 0 heterocycles. The molecule has 1 saturated carbocycles. The average Bonchev–Trinajstić information content (AvgIpc) is 2.53. The number of carbonyl (C=O) groups is 2. The first-order valence-corrected chi connectivity index (χ1v) is 7.70. The van der Waals surface area contributed by atoms with Gasteiger partial charge in [0.15, 0.2) is 0 Å². The molecule has 114 valence electrons. The molecule has 0 spiro atoms. The first-order valence-electron chi connectivity index (χ1n) is 7.70. The summed E-state index contributed by atoms with van der Waals surface area (Å²) in [5.74, 6) is -1.88. The van der Waals surface area contributed by atoms with Crippen LogP contribution >= 0.6 is 0 Å². The zero-order valence-electron chi connectivity index (χ0n) is 12.5. The molecule has 1 aliphatic carbocycles. The fraction of sp³-hybridized carbons (Fsp3) is 0.529. The van der Waals surface area contributed by atoms with Gasteiger partial charge in [0, 0.05) is 6.54 Å². The molecule has 4 nitrogen and oxygen atoms in total. The molecule has 1 aromatic carbocycles. The van der Waals surface area contributed by atoms with Crippen LogP contribution < -0.4 is 5.32 Å². The fourth-order valence-corrected chi connectivity index (χ4v) is 2.95. The minimum atomic E-state index is -0.845. The highest BCUT2D eigenvalue weighted by molar-refractivity contribution is 5.84. The lowest BCUT2D eigenvalue weighted by molar-refractivity contribution is -0.148. The Hall–Kier alpha value is -1.84. The number of carboxylic acids is 1. The van der Waals surface area contributed by atoms with Crippen LogP contribution in [0.2, 0.25) is 0 Å². The van der Waals surface area contributed by atoms with Gasteiger partial charge in [-0.05, 0) is 30.4 Å². The normalized spacial score (nSPS) is 21.8. The Balaban J connectivity index is 1.91. The fourth-order valence-electron chi connectivity index (χ4n) is 2.95. The summed E-state index contributed by atoms with van der Waals surface area (Å²) in [6.45, 7) is 2.57. The molecule has 0 aliphatic heterocycles. The smallest absolute Gasteiger partial charge is 0.307 e. The van der Waals surface area contributed by atoms with Gasteiger partial charge in [0.1, 0.15) is 0 Å². The maximum absolute atomic E-state index is 12.2. The van der Waals surface area contributed by atoms with Crippen LogP contribution in [0, 0.1) is 11.8 Å². The van der Waals surface area contributed by atoms with E-state index in [1.165, 1.54) is 5.56 Å². The lowest BCUT2D eigenvalue weighted by atomic mass is 9.78. The minimum absolute atomic E-state index is 0.123. The van der Waals surface area contributed by atoms with Crippen LogP contribution in [0.15, 0.2) is 24.3 Å². The van der Waals surface area contributed by atoms with E-state index >= 15 is 0 Å². The molecule has 1 aromatic rings. The number of rotatable bonds is 5. The van der Waals surface area contributed by atoms with Gasteiger partial charge >= 0.3 is 5.97 Å². The monoisotopic (exact) mass is 289 g/mol. The average molecular weight is 289 g/mol. The standard InChI is InChI=1S/C17H23NO3/c1-2-12-7-9-13(10-8-12)11-18-16(19)14-5-3-4-6-15(14)17(20)21/h7-10,14-15H,2-6,11H2,1H3,(H,18,19)(H,20,21)/t14-,15+/m0/s1. The largest absolute Gasteiger partial charge is 0.481 e. The first-order chi connectivity index (χ1) is 10.1. The van der Waals surface area contributed by atoms with Crippen molar-refractivity contribution < 1.29 is 14.7 Å². The quantitative estimate of drug-likeness (QED) is 0.876. The molecule has 0 radical (unpaired) electrons. The number of aryl methyl sites for hydroxylation is 1. The van der Waals surface area contributed by atoms with E-state index in [-0.39, 0.29) is 11.8 Å². The van der Waals surface area contributed by atoms with Gasteiger partial charge in [-0.15, -0.1) is 0 Å². The lowest BCUT2D eigenvalue weighted by Crippen LogP contribution is -2.39. The predicted octanol–water partition coefficient (Wildman–Crippen LogP) is 2.76. The third-order valence-electron chi connectivity index (χ3n) is 4.32. The second-order valence-corrected chi connectivity index (χ2v) is 5.72. The van der Waals surface area contributed by atoms with E-state index in [0.717, 1.165) is 24.8 Å². The van der Waals surface area contributed by atoms with Crippen molar-refractivity contribution >= 4 is 11.9 Å². The van der Waals surface area contributed by atoms with E-state index in [1.54, 1.807) is 0 Å². The molecule has 2 N–H and O–H groups in total. The molecule has 1 aliphatic rings. The van der Waals surface area contributed by atoms with Crippen molar-refractivity contribution in [2.45, 2.75) is 45.6 Å². The Morgan fingerprint density at radius 1 is 1.10 bits per heavy atom. The molecular formula is C17H23NO3. The number of carboxylic acid groups (broad SMARTS) is 1. The Bertz CT molecular complexity index is 495. The molecule has 21 heavy (non-hydrogen) atoms. The Kier molecular flexibility index (Phi) is 5.37. The Morgan fingerprint density at radius 3 is 2.24 bits per heavy atom. The first kappa shape index (κ1) is 15.5. The van der Waals surface area contributed by atoms with Crippen molar-refractivity contribution in [3.63, 3.8) is 0 Å². The van der Waals surface area contributed by atoms with Gasteiger partial charge in [-0.2, -0.15) is 0 Å². The summed E-state index contributed by atoms with van der Waals surface area (Å²) < 4.78 is 0. The highest BCUT2D eigenvalue weighted by Crippen LogP contribution is 2.30. The molecular weight excluding hydrogens is 266 g/mol. The number of carbonyl (C=O) groups excluding carboxylic acids is 1. The summed E-state index contributed by atoms with van der Waals surface area (Å²) in [5.41, 5.74) is 2.31. The van der Waals surface area contributed by atoms with Crippen LogP contribution in [0.3, 0.4) is 0 Å². The van der Waals surface area contributed by atoms with Crippen LogP contribution in [0.1, 0.15) is 43.7 Å². The number of aliphatic carboxylic acids is 1. The summed E-state index contributed by atoms with van der Waals surface area (Å²) in [7, 11) is 0. The molecule has 0 unspecified atom stereocenters. The van der Waals surface area contributed by atoms with E-state index in [9.17, 15) is 14.7 Å². The number of hydrogen-bond donors (Lipinski definition) is 2. The zero-order valence-corrected chi connectivity index (χ0v) is 12.5. The SMILES string of the molecule is CCc1ccc(CNC(=O)[C@H]2CCCC[C@H]2C(=O)O)cc1. The van der Waals surface area contributed by atoms with E-state index in [1.807, 2.05) is 12.1 Å². The molecule has 2 rings (SSSR count). The van der Waals surface area contributed by atoms with Crippen molar-refractivity contribution in [1.29, 1.82) is 0 Å². The summed E-state index contributed by atoms with van der Waals surface area (Å²) in [6.07, 6.45) is 4.12. The third-order valence-corrected chi connectivity index (χ3v) is 4.32. The highest BCUT2D eigenvalue weighted by Gasteiger charge is 2.35. The van der Waals surface area contributed by atoms with E-state index in [2.05, 4.69) is 24.4 Å². The Morgan fingerprint density at radius 2 is 1.67 bits per heavy atom. The van der Waals surface area contributed by atoms with Crippen molar-refractivity contribution in [3.05, 3.63) is 35.4 Å². The number of benzene rings is 1. The summed E-state index contributed by atoms with van der Waals surface area (Å²) in [5, 5.41) is 12.1. The number of hydrogen-bond acceptors (Lipinski definition) is 2. The predicted molar refractivity (Wildman–Crippen MR) is 80.8 cm³/mol. The second-order valence-electron chi connectivity index (χ2n) is 5.72. The molecule has 4 heteroatoms. The van der Waals surface area contributed by atoms with E-state index < -0.39 is 11.9 Å². The van der Waals surface area contributed by atoms with Crippen LogP contribution in [-0.4, -0.2) is 17.0 Å². The van der Waals surface area contributed by atoms with Gasteiger partial charge in [-0.3, -0.25) is 9.59 Å². The topological polar surface area (TPSA) is 66.4 Å². The van der Waals surface area contributed by atoms with Crippen LogP contribution in [0.4, 0.5) is 0 Å². The maximum Gasteiger partial charge on any atom is 0.307 e. The summed E-state index contributed by atoms with van der Waals surface area (Å²) in [4.78, 5) is 23.5. The minimum Gasteiger partial charge on any atom is -0.481 e. The summed E-state index contributed by atoms with van der Waals surface area (Å²) >= 11 is 0. The molecule has 1 fully saturated rings. The van der Waals surface area contributed by atoms with Crippen molar-refractivity contribution in [2.75, 3.05) is 0 Å². The molecule has 2 atom stereocenters. The van der Waals surface area contributed by atoms with Crippen molar-refractivity contribution in [1.82, 2.24) is 5.32 Å². The molecule has 0 aromatic heterocycles. The number of amides is 1. The van der Waals surface area contributed by atoms with Crippen LogP contribution in [0.25, 0.3) is 0 Å². The van der Waals surface area contributed by atoms with Gasteiger partial charge in [0.2, 0.25) is 5.91 Å². The van der Waals surface area contributed by atoms with E-state index in [0.29, 0.717) is 19.4 Å². The van der Waals surface area contributed by atoms with Gasteiger partial charge in [0.05, 0.1) is 11.8 Å². The summed E-state index contributed by atoms with van der Waals surface area (Å²) in [6, 6.07) is 8.13. The number of nitrogens with one attached hydrogen (secondary N) is 1. The van der Waals surface area contributed by atoms with Gasteiger partial charge in [-0.1, -0.05) is 44.0 Å². The molecule has 1 amide bonds. The van der Waals surface area contributed by atoms with E-state index in [4.69, 9.17) is 0 Å². The Labute approximate surface area is 125 Å². The van der Waals surface area contributed by atoms with Gasteiger partial charge in [-0.25, -0.2) is 0 Å². The lowest BCUT2D eigenvalue weighted by Gasteiger charge is -2.27. The molecule has 0 bridgehead atoms. The van der Waals surface area contributed by atoms with Crippen molar-refractivity contribution in [2.24, 2.45) is 11.8 Å². The zero-order chi connectivity index (χ0) is 15.2. The molecule has 0 saturated heterocycles. The van der Waals surface area contributed by atoms with Crippen molar-refractivity contribution in [3.8, 4) is 0 Å².